The zero-order valence-electron chi connectivity index (χ0n) is 14.4. The first kappa shape index (κ1) is 16.7. The Balaban J connectivity index is 1.25. The van der Waals surface area contributed by atoms with Gasteiger partial charge < -0.3 is 24.5 Å². The van der Waals surface area contributed by atoms with Crippen molar-refractivity contribution in [2.24, 2.45) is 5.16 Å². The largest absolute Gasteiger partial charge is 0.454 e. The summed E-state index contributed by atoms with van der Waals surface area (Å²) in [6, 6.07) is 5.52. The minimum absolute atomic E-state index is 0.0902. The van der Waals surface area contributed by atoms with Gasteiger partial charge in [0, 0.05) is 38.0 Å². The highest BCUT2D eigenvalue weighted by Crippen LogP contribution is 2.33. The number of rotatable bonds is 5. The minimum Gasteiger partial charge on any atom is -0.454 e. The Morgan fingerprint density at radius 1 is 1.19 bits per heavy atom. The molecule has 1 atom stereocenters. The van der Waals surface area contributed by atoms with Gasteiger partial charge in [-0.25, -0.2) is 0 Å². The van der Waals surface area contributed by atoms with Crippen molar-refractivity contribution in [3.05, 3.63) is 23.8 Å². The maximum absolute atomic E-state index is 12.2. The number of benzene rings is 1. The third-order valence-electron chi connectivity index (χ3n) is 4.76. The zero-order chi connectivity index (χ0) is 17.9. The molecule has 0 radical (unpaired) electrons. The van der Waals surface area contributed by atoms with Crippen molar-refractivity contribution in [2.45, 2.75) is 31.8 Å². The Morgan fingerprint density at radius 3 is 2.85 bits per heavy atom. The van der Waals surface area contributed by atoms with E-state index in [9.17, 15) is 9.59 Å². The normalized spacial score (nSPS) is 20.7. The van der Waals surface area contributed by atoms with E-state index >= 15 is 0 Å². The second-order valence-electron chi connectivity index (χ2n) is 6.53. The number of hydrogen-bond acceptors (Lipinski definition) is 6. The summed E-state index contributed by atoms with van der Waals surface area (Å²) in [5.41, 5.74) is 1.53. The van der Waals surface area contributed by atoms with Gasteiger partial charge in [0.25, 0.3) is 5.91 Å². The van der Waals surface area contributed by atoms with Gasteiger partial charge in [-0.3, -0.25) is 9.59 Å². The van der Waals surface area contributed by atoms with Gasteiger partial charge in [0.15, 0.2) is 11.5 Å². The van der Waals surface area contributed by atoms with E-state index in [4.69, 9.17) is 14.3 Å². The predicted octanol–water partition coefficient (Wildman–Crippen LogP) is 1.04. The Labute approximate surface area is 151 Å². The molecule has 0 bridgehead atoms. The quantitative estimate of drug-likeness (QED) is 0.848. The highest BCUT2D eigenvalue weighted by molar-refractivity contribution is 6.04. The lowest BCUT2D eigenvalue weighted by Gasteiger charge is -2.15. The van der Waals surface area contributed by atoms with Crippen LogP contribution in [0.1, 0.15) is 31.2 Å². The van der Waals surface area contributed by atoms with Crippen LogP contribution in [0.15, 0.2) is 23.4 Å². The van der Waals surface area contributed by atoms with Crippen molar-refractivity contribution in [1.82, 2.24) is 10.2 Å². The smallest absolute Gasteiger partial charge is 0.264 e. The summed E-state index contributed by atoms with van der Waals surface area (Å²) in [6.07, 6.45) is 2.15. The van der Waals surface area contributed by atoms with E-state index in [1.807, 2.05) is 23.1 Å². The first-order valence-corrected chi connectivity index (χ1v) is 8.89. The van der Waals surface area contributed by atoms with Crippen molar-refractivity contribution < 1.29 is 23.9 Å². The number of amides is 2. The van der Waals surface area contributed by atoms with Crippen LogP contribution in [0.5, 0.6) is 11.5 Å². The summed E-state index contributed by atoms with van der Waals surface area (Å²) in [5, 5.41) is 6.79. The van der Waals surface area contributed by atoms with E-state index in [-0.39, 0.29) is 18.6 Å². The summed E-state index contributed by atoms with van der Waals surface area (Å²) >= 11 is 0. The van der Waals surface area contributed by atoms with Gasteiger partial charge in [-0.15, -0.1) is 0 Å². The molecule has 1 aromatic rings. The summed E-state index contributed by atoms with van der Waals surface area (Å²) in [5.74, 6) is 1.20. The Hall–Kier alpha value is -2.77. The van der Waals surface area contributed by atoms with Crippen LogP contribution in [0.2, 0.25) is 0 Å². The molecule has 1 N–H and O–H groups in total. The van der Waals surface area contributed by atoms with E-state index in [1.54, 1.807) is 0 Å². The lowest BCUT2D eigenvalue weighted by atomic mass is 10.0. The highest BCUT2D eigenvalue weighted by atomic mass is 16.7. The second-order valence-corrected chi connectivity index (χ2v) is 6.53. The summed E-state index contributed by atoms with van der Waals surface area (Å²) < 4.78 is 10.6. The van der Waals surface area contributed by atoms with Gasteiger partial charge in [0.1, 0.15) is 0 Å². The molecule has 8 nitrogen and oxygen atoms in total. The van der Waals surface area contributed by atoms with Crippen LogP contribution in [0.25, 0.3) is 0 Å². The molecule has 3 heterocycles. The number of hydrogen-bond donors (Lipinski definition) is 1. The third kappa shape index (κ3) is 3.44. The number of carbonyl (C=O) groups excluding carboxylic acids is 2. The molecule has 0 unspecified atom stereocenters. The first-order valence-electron chi connectivity index (χ1n) is 8.89. The lowest BCUT2D eigenvalue weighted by Crippen LogP contribution is -2.37. The fourth-order valence-corrected chi connectivity index (χ4v) is 3.30. The molecule has 1 saturated heterocycles. The monoisotopic (exact) mass is 359 g/mol. The number of ether oxygens (including phenoxy) is 2. The molecule has 0 spiro atoms. The summed E-state index contributed by atoms with van der Waals surface area (Å²) in [7, 11) is 0. The maximum atomic E-state index is 12.2. The van der Waals surface area contributed by atoms with Gasteiger partial charge in [-0.2, -0.15) is 0 Å². The van der Waals surface area contributed by atoms with Gasteiger partial charge >= 0.3 is 0 Å². The molecule has 0 saturated carbocycles. The molecular formula is C18H21N3O5. The fourth-order valence-electron chi connectivity index (χ4n) is 3.30. The molecule has 3 aliphatic heterocycles. The molecule has 1 fully saturated rings. The summed E-state index contributed by atoms with van der Waals surface area (Å²) in [4.78, 5) is 31.3. The molecule has 4 rings (SSSR count). The molecule has 2 amide bonds. The van der Waals surface area contributed by atoms with Crippen LogP contribution < -0.4 is 14.8 Å². The van der Waals surface area contributed by atoms with Crippen LogP contribution in [-0.2, 0) is 14.4 Å². The van der Waals surface area contributed by atoms with Gasteiger partial charge in [-0.05, 0) is 31.0 Å². The Kier molecular flexibility index (Phi) is 4.64. The van der Waals surface area contributed by atoms with Crippen molar-refractivity contribution in [2.75, 3.05) is 26.4 Å². The van der Waals surface area contributed by atoms with Crippen LogP contribution in [0.4, 0.5) is 0 Å². The van der Waals surface area contributed by atoms with Gasteiger partial charge in [-0.1, -0.05) is 5.16 Å². The van der Waals surface area contributed by atoms with Crippen molar-refractivity contribution in [1.29, 1.82) is 0 Å². The lowest BCUT2D eigenvalue weighted by molar-refractivity contribution is -0.132. The number of nitrogens with zero attached hydrogens (tertiary/aromatic N) is 2. The molecule has 8 heteroatoms. The van der Waals surface area contributed by atoms with Crippen molar-refractivity contribution in [3.63, 3.8) is 0 Å². The van der Waals surface area contributed by atoms with Crippen molar-refractivity contribution in [3.8, 4) is 11.5 Å². The third-order valence-corrected chi connectivity index (χ3v) is 4.76. The Morgan fingerprint density at radius 2 is 2.00 bits per heavy atom. The Bertz CT molecular complexity index is 742. The number of carbonyl (C=O) groups is 2. The second kappa shape index (κ2) is 7.23. The number of nitrogens with one attached hydrogen (secondary N) is 1. The topological polar surface area (TPSA) is 89.5 Å². The molecule has 1 aromatic carbocycles. The molecule has 0 aromatic heterocycles. The van der Waals surface area contributed by atoms with Crippen molar-refractivity contribution >= 4 is 17.5 Å². The predicted molar refractivity (Wildman–Crippen MR) is 92.0 cm³/mol. The zero-order valence-corrected chi connectivity index (χ0v) is 14.4. The molecule has 26 heavy (non-hydrogen) atoms. The van der Waals surface area contributed by atoms with Crippen LogP contribution >= 0.6 is 0 Å². The average Bonchev–Trinajstić information content (AvgIpc) is 3.41. The average molecular weight is 359 g/mol. The van der Waals surface area contributed by atoms with E-state index in [0.29, 0.717) is 36.6 Å². The van der Waals surface area contributed by atoms with E-state index < -0.39 is 6.10 Å². The van der Waals surface area contributed by atoms with Crippen LogP contribution in [0, 0.1) is 0 Å². The molecule has 138 valence electrons. The van der Waals surface area contributed by atoms with Crippen LogP contribution in [-0.4, -0.2) is 55.0 Å². The maximum Gasteiger partial charge on any atom is 0.264 e. The number of oxime groups is 1. The summed E-state index contributed by atoms with van der Waals surface area (Å²) in [6.45, 7) is 2.17. The minimum atomic E-state index is -0.669. The number of likely N-dealkylation sites (tertiary alicyclic amines) is 1. The number of fused-ring (bicyclic) bond motifs is 1. The fraction of sp³-hybridized carbons (Fsp3) is 0.500. The van der Waals surface area contributed by atoms with E-state index in [2.05, 4.69) is 10.5 Å². The molecule has 3 aliphatic rings. The highest BCUT2D eigenvalue weighted by Gasteiger charge is 2.29. The van der Waals surface area contributed by atoms with E-state index in [0.717, 1.165) is 31.5 Å². The van der Waals surface area contributed by atoms with Crippen LogP contribution in [0.3, 0.4) is 0 Å². The SMILES string of the molecule is O=C(NCCC(=O)N1CCCC1)[C@H]1CC(c2ccc3c(c2)OCO3)=NO1. The van der Waals surface area contributed by atoms with E-state index in [1.165, 1.54) is 0 Å². The standard InChI is InChI=1S/C18H21N3O5/c22-17(21-7-1-2-8-21)5-6-19-18(23)16-10-13(20-26-16)12-3-4-14-15(9-12)25-11-24-14/h3-4,9,16H,1-2,5-8,10-11H2,(H,19,23)/t16-/m1/s1. The molecular weight excluding hydrogens is 338 g/mol. The molecule has 0 aliphatic carbocycles. The first-order chi connectivity index (χ1) is 12.7. The van der Waals surface area contributed by atoms with Gasteiger partial charge in [0.2, 0.25) is 18.8 Å². The van der Waals surface area contributed by atoms with Gasteiger partial charge in [0.05, 0.1) is 5.71 Å².